The number of nitrogens with zero attached hydrogens (tertiary/aromatic N) is 1. The third kappa shape index (κ3) is 4.15. The first-order valence-electron chi connectivity index (χ1n) is 6.43. The van der Waals surface area contributed by atoms with Crippen LogP contribution in [-0.2, 0) is 4.79 Å². The van der Waals surface area contributed by atoms with Crippen LogP contribution in [0.25, 0.3) is 0 Å². The van der Waals surface area contributed by atoms with E-state index in [4.69, 9.17) is 5.73 Å². The monoisotopic (exact) mass is 266 g/mol. The van der Waals surface area contributed by atoms with Crippen LogP contribution in [0, 0.1) is 11.8 Å². The molecule has 1 heterocycles. The summed E-state index contributed by atoms with van der Waals surface area (Å²) in [4.78, 5) is 13.1. The summed E-state index contributed by atoms with van der Waals surface area (Å²) in [7, 11) is 0. The minimum atomic E-state index is -4.33. The largest absolute Gasteiger partial charge is 0.394 e. The van der Waals surface area contributed by atoms with Gasteiger partial charge in [-0.2, -0.15) is 13.2 Å². The molecule has 2 unspecified atom stereocenters. The number of likely N-dealkylation sites (tertiary alicyclic amines) is 1. The molecule has 0 radical (unpaired) electrons. The maximum atomic E-state index is 12.6. The van der Waals surface area contributed by atoms with Gasteiger partial charge in [0, 0.05) is 26.1 Å². The van der Waals surface area contributed by atoms with Crippen LogP contribution in [-0.4, -0.2) is 36.6 Å². The zero-order chi connectivity index (χ0) is 13.8. The topological polar surface area (TPSA) is 46.3 Å². The van der Waals surface area contributed by atoms with Crippen LogP contribution in [0.1, 0.15) is 32.6 Å². The molecule has 1 rings (SSSR count). The standard InChI is InChI=1S/C12H21F3N2O/c1-2-9-3-4-11(18)17(6-5-9)8-10(7-16)12(13,14)15/h9-10H,2-8,16H2,1H3. The maximum absolute atomic E-state index is 12.6. The van der Waals surface area contributed by atoms with Gasteiger partial charge in [-0.15, -0.1) is 0 Å². The van der Waals surface area contributed by atoms with Crippen LogP contribution < -0.4 is 5.73 Å². The highest BCUT2D eigenvalue weighted by molar-refractivity contribution is 5.76. The summed E-state index contributed by atoms with van der Waals surface area (Å²) in [6.07, 6.45) is -1.43. The molecule has 1 amide bonds. The first-order chi connectivity index (χ1) is 8.38. The van der Waals surface area contributed by atoms with Crippen molar-refractivity contribution in [3.8, 4) is 0 Å². The van der Waals surface area contributed by atoms with Crippen molar-refractivity contribution in [2.24, 2.45) is 17.6 Å². The Balaban J connectivity index is 2.62. The summed E-state index contributed by atoms with van der Waals surface area (Å²) >= 11 is 0. The Morgan fingerprint density at radius 3 is 2.61 bits per heavy atom. The van der Waals surface area contributed by atoms with Gasteiger partial charge >= 0.3 is 6.18 Å². The fraction of sp³-hybridized carbons (Fsp3) is 0.917. The molecule has 106 valence electrons. The summed E-state index contributed by atoms with van der Waals surface area (Å²) in [6, 6.07) is 0. The van der Waals surface area contributed by atoms with E-state index in [9.17, 15) is 18.0 Å². The Kier molecular flexibility index (Phi) is 5.44. The number of alkyl halides is 3. The van der Waals surface area contributed by atoms with Gasteiger partial charge in [-0.05, 0) is 18.8 Å². The number of nitrogens with two attached hydrogens (primary N) is 1. The average Bonchev–Trinajstić information content (AvgIpc) is 2.47. The molecular weight excluding hydrogens is 245 g/mol. The van der Waals surface area contributed by atoms with Crippen molar-refractivity contribution in [3.05, 3.63) is 0 Å². The molecule has 2 N–H and O–H groups in total. The fourth-order valence-electron chi connectivity index (χ4n) is 2.27. The van der Waals surface area contributed by atoms with E-state index in [0.717, 1.165) is 19.3 Å². The molecular formula is C12H21F3N2O. The Morgan fingerprint density at radius 2 is 2.11 bits per heavy atom. The van der Waals surface area contributed by atoms with Gasteiger partial charge in [-0.25, -0.2) is 0 Å². The van der Waals surface area contributed by atoms with Gasteiger partial charge in [-0.3, -0.25) is 4.79 Å². The highest BCUT2D eigenvalue weighted by Crippen LogP contribution is 2.28. The van der Waals surface area contributed by atoms with Gasteiger partial charge in [0.25, 0.3) is 0 Å². The average molecular weight is 266 g/mol. The van der Waals surface area contributed by atoms with Crippen molar-refractivity contribution < 1.29 is 18.0 Å². The molecule has 0 spiro atoms. The summed E-state index contributed by atoms with van der Waals surface area (Å²) in [5.41, 5.74) is 5.16. The van der Waals surface area contributed by atoms with E-state index in [1.54, 1.807) is 0 Å². The minimum Gasteiger partial charge on any atom is -0.342 e. The fourth-order valence-corrected chi connectivity index (χ4v) is 2.27. The second-order valence-corrected chi connectivity index (χ2v) is 4.92. The van der Waals surface area contributed by atoms with Crippen LogP contribution in [0.3, 0.4) is 0 Å². The van der Waals surface area contributed by atoms with Crippen molar-refractivity contribution in [3.63, 3.8) is 0 Å². The first-order valence-corrected chi connectivity index (χ1v) is 6.43. The summed E-state index contributed by atoms with van der Waals surface area (Å²) in [5.74, 6) is -1.34. The predicted molar refractivity (Wildman–Crippen MR) is 62.8 cm³/mol. The van der Waals surface area contributed by atoms with Gasteiger partial charge in [0.2, 0.25) is 5.91 Å². The maximum Gasteiger partial charge on any atom is 0.394 e. The number of hydrogen-bond donors (Lipinski definition) is 1. The zero-order valence-electron chi connectivity index (χ0n) is 10.7. The van der Waals surface area contributed by atoms with Gasteiger partial charge in [0.15, 0.2) is 0 Å². The Bertz CT molecular complexity index is 281. The number of carbonyl (C=O) groups is 1. The van der Waals surface area contributed by atoms with E-state index < -0.39 is 18.6 Å². The van der Waals surface area contributed by atoms with Crippen LogP contribution in [0.4, 0.5) is 13.2 Å². The van der Waals surface area contributed by atoms with Gasteiger partial charge < -0.3 is 10.6 Å². The Labute approximate surface area is 106 Å². The molecule has 0 bridgehead atoms. The number of amides is 1. The van der Waals surface area contributed by atoms with Gasteiger partial charge in [0.05, 0.1) is 5.92 Å². The molecule has 1 aliphatic heterocycles. The molecule has 0 aliphatic carbocycles. The van der Waals surface area contributed by atoms with Gasteiger partial charge in [0.1, 0.15) is 0 Å². The number of carbonyl (C=O) groups excluding carboxylic acids is 1. The molecule has 0 saturated carbocycles. The molecule has 18 heavy (non-hydrogen) atoms. The third-order valence-corrected chi connectivity index (χ3v) is 3.69. The van der Waals surface area contributed by atoms with Crippen molar-refractivity contribution in [2.75, 3.05) is 19.6 Å². The molecule has 6 heteroatoms. The molecule has 0 aromatic carbocycles. The van der Waals surface area contributed by atoms with E-state index in [1.807, 2.05) is 6.92 Å². The van der Waals surface area contributed by atoms with Crippen LogP contribution in [0.15, 0.2) is 0 Å². The molecule has 2 atom stereocenters. The molecule has 1 fully saturated rings. The third-order valence-electron chi connectivity index (χ3n) is 3.69. The quantitative estimate of drug-likeness (QED) is 0.847. The predicted octanol–water partition coefficient (Wildman–Crippen LogP) is 2.16. The van der Waals surface area contributed by atoms with Crippen LogP contribution >= 0.6 is 0 Å². The zero-order valence-corrected chi connectivity index (χ0v) is 10.7. The molecule has 1 aliphatic rings. The number of halogens is 3. The molecule has 1 saturated heterocycles. The lowest BCUT2D eigenvalue weighted by molar-refractivity contribution is -0.177. The summed E-state index contributed by atoms with van der Waals surface area (Å²) in [5, 5.41) is 0. The van der Waals surface area contributed by atoms with E-state index in [2.05, 4.69) is 0 Å². The van der Waals surface area contributed by atoms with E-state index >= 15 is 0 Å². The minimum absolute atomic E-state index is 0.173. The second-order valence-electron chi connectivity index (χ2n) is 4.92. The smallest absolute Gasteiger partial charge is 0.342 e. The van der Waals surface area contributed by atoms with E-state index in [0.29, 0.717) is 18.9 Å². The number of rotatable bonds is 4. The Morgan fingerprint density at radius 1 is 1.44 bits per heavy atom. The SMILES string of the molecule is CCC1CCC(=O)N(CC(CN)C(F)(F)F)CC1. The highest BCUT2D eigenvalue weighted by Gasteiger charge is 2.40. The summed E-state index contributed by atoms with van der Waals surface area (Å²) in [6.45, 7) is 1.70. The lowest BCUT2D eigenvalue weighted by Crippen LogP contribution is -2.43. The van der Waals surface area contributed by atoms with Crippen molar-refractivity contribution in [1.82, 2.24) is 4.90 Å². The molecule has 0 aromatic rings. The first kappa shape index (κ1) is 15.3. The van der Waals surface area contributed by atoms with Crippen molar-refractivity contribution in [1.29, 1.82) is 0 Å². The highest BCUT2D eigenvalue weighted by atomic mass is 19.4. The normalized spacial score (nSPS) is 23.9. The van der Waals surface area contributed by atoms with Crippen molar-refractivity contribution in [2.45, 2.75) is 38.8 Å². The molecule has 3 nitrogen and oxygen atoms in total. The Hall–Kier alpha value is -0.780. The second kappa shape index (κ2) is 6.41. The molecule has 0 aromatic heterocycles. The summed E-state index contributed by atoms with van der Waals surface area (Å²) < 4.78 is 37.9. The van der Waals surface area contributed by atoms with E-state index in [-0.39, 0.29) is 12.5 Å². The lowest BCUT2D eigenvalue weighted by Gasteiger charge is -2.27. The van der Waals surface area contributed by atoms with Crippen molar-refractivity contribution >= 4 is 5.91 Å². The van der Waals surface area contributed by atoms with E-state index in [1.165, 1.54) is 4.90 Å². The van der Waals surface area contributed by atoms with Gasteiger partial charge in [-0.1, -0.05) is 13.3 Å². The number of hydrogen-bond acceptors (Lipinski definition) is 2. The lowest BCUT2D eigenvalue weighted by atomic mass is 9.98. The van der Waals surface area contributed by atoms with Crippen LogP contribution in [0.5, 0.6) is 0 Å². The van der Waals surface area contributed by atoms with Crippen LogP contribution in [0.2, 0.25) is 0 Å².